The molecule has 0 fully saturated rings. The maximum atomic E-state index is 4.92. The van der Waals surface area contributed by atoms with Crippen LogP contribution in [-0.4, -0.2) is 9.55 Å². The van der Waals surface area contributed by atoms with Crippen LogP contribution in [0.25, 0.3) is 10.9 Å². The molecule has 0 saturated carbocycles. The van der Waals surface area contributed by atoms with E-state index in [2.05, 4.69) is 84.4 Å². The van der Waals surface area contributed by atoms with Crippen molar-refractivity contribution in [3.63, 3.8) is 0 Å². The van der Waals surface area contributed by atoms with E-state index < -0.39 is 0 Å². The van der Waals surface area contributed by atoms with Crippen LogP contribution in [0.5, 0.6) is 0 Å². The van der Waals surface area contributed by atoms with Crippen molar-refractivity contribution in [2.24, 2.45) is 4.99 Å². The molecule has 1 N–H and O–H groups in total. The highest BCUT2D eigenvalue weighted by atomic mass is 32.1. The van der Waals surface area contributed by atoms with Gasteiger partial charge in [0.2, 0.25) is 0 Å². The lowest BCUT2D eigenvalue weighted by Crippen LogP contribution is -2.17. The average Bonchev–Trinajstić information content (AvgIpc) is 3.16. The summed E-state index contributed by atoms with van der Waals surface area (Å²) in [6.07, 6.45) is 3.12. The number of nitrogens with one attached hydrogen (secondary N) is 1. The molecule has 0 radical (unpaired) electrons. The van der Waals surface area contributed by atoms with E-state index >= 15 is 0 Å². The molecule has 26 heavy (non-hydrogen) atoms. The highest BCUT2D eigenvalue weighted by Gasteiger charge is 2.06. The number of para-hydroxylation sites is 1. The Labute approximate surface area is 157 Å². The van der Waals surface area contributed by atoms with Gasteiger partial charge in [0.25, 0.3) is 0 Å². The van der Waals surface area contributed by atoms with E-state index in [9.17, 15) is 0 Å². The molecule has 0 atom stereocenters. The highest BCUT2D eigenvalue weighted by molar-refractivity contribution is 7.07. The average molecular weight is 362 g/mol. The summed E-state index contributed by atoms with van der Waals surface area (Å²) in [7, 11) is 0. The number of fused-ring (bicyclic) bond motifs is 1. The molecule has 0 aliphatic rings. The van der Waals surface area contributed by atoms with Gasteiger partial charge in [-0.05, 0) is 62.1 Å². The summed E-state index contributed by atoms with van der Waals surface area (Å²) in [5.74, 6) is 0. The molecular weight excluding hydrogens is 338 g/mol. The van der Waals surface area contributed by atoms with Crippen molar-refractivity contribution in [1.82, 2.24) is 9.55 Å². The number of nitrogens with zero attached hydrogens (tertiary/aromatic N) is 2. The molecule has 4 rings (SSSR count). The molecule has 4 aromatic rings. The van der Waals surface area contributed by atoms with Crippen LogP contribution in [-0.2, 0) is 13.0 Å². The van der Waals surface area contributed by atoms with E-state index in [1.165, 1.54) is 33.3 Å². The van der Waals surface area contributed by atoms with Crippen LogP contribution in [0.4, 0.5) is 5.69 Å². The highest BCUT2D eigenvalue weighted by Crippen LogP contribution is 2.19. The first-order valence-corrected chi connectivity index (χ1v) is 9.81. The lowest BCUT2D eigenvalue weighted by Gasteiger charge is -2.06. The minimum absolute atomic E-state index is 0.931. The number of H-pyrrole nitrogens is 1. The van der Waals surface area contributed by atoms with E-state index in [4.69, 9.17) is 4.99 Å². The van der Waals surface area contributed by atoms with Gasteiger partial charge in [0.05, 0.1) is 5.69 Å². The summed E-state index contributed by atoms with van der Waals surface area (Å²) < 4.78 is 2.32. The van der Waals surface area contributed by atoms with Crippen LogP contribution < -0.4 is 4.80 Å². The fourth-order valence-electron chi connectivity index (χ4n) is 3.47. The summed E-state index contributed by atoms with van der Waals surface area (Å²) in [6.45, 7) is 7.33. The third kappa shape index (κ3) is 3.37. The first-order valence-electron chi connectivity index (χ1n) is 8.93. The van der Waals surface area contributed by atoms with Gasteiger partial charge in [-0.3, -0.25) is 0 Å². The molecule has 2 aromatic heterocycles. The molecular formula is C22H23N3S. The zero-order valence-corrected chi connectivity index (χ0v) is 16.2. The third-order valence-electron chi connectivity index (χ3n) is 4.70. The first kappa shape index (κ1) is 16.9. The summed E-state index contributed by atoms with van der Waals surface area (Å²) in [4.78, 5) is 9.35. The van der Waals surface area contributed by atoms with E-state index in [1.807, 2.05) is 0 Å². The molecule has 0 spiro atoms. The van der Waals surface area contributed by atoms with Crippen molar-refractivity contribution in [2.75, 3.05) is 0 Å². The summed E-state index contributed by atoms with van der Waals surface area (Å²) in [6, 6.07) is 15.0. The van der Waals surface area contributed by atoms with Crippen molar-refractivity contribution in [2.45, 2.75) is 33.7 Å². The lowest BCUT2D eigenvalue weighted by molar-refractivity contribution is 0.660. The van der Waals surface area contributed by atoms with Crippen molar-refractivity contribution in [3.8, 4) is 0 Å². The summed E-state index contributed by atoms with van der Waals surface area (Å²) in [5, 5.41) is 3.50. The first-order chi connectivity index (χ1) is 12.6. The van der Waals surface area contributed by atoms with Gasteiger partial charge in [-0.25, -0.2) is 4.99 Å². The Bertz CT molecular complexity index is 1110. The number of aryl methyl sites for hydroxylation is 4. The quantitative estimate of drug-likeness (QED) is 0.503. The fourth-order valence-corrected chi connectivity index (χ4v) is 4.39. The Balaban J connectivity index is 1.65. The van der Waals surface area contributed by atoms with Crippen LogP contribution >= 0.6 is 11.3 Å². The van der Waals surface area contributed by atoms with Crippen molar-refractivity contribution in [3.05, 3.63) is 81.2 Å². The molecule has 0 aliphatic heterocycles. The Morgan fingerprint density at radius 1 is 1.04 bits per heavy atom. The number of thiazole rings is 1. The van der Waals surface area contributed by atoms with Crippen molar-refractivity contribution >= 4 is 27.9 Å². The van der Waals surface area contributed by atoms with E-state index in [0.29, 0.717) is 0 Å². The van der Waals surface area contributed by atoms with Gasteiger partial charge < -0.3 is 9.55 Å². The van der Waals surface area contributed by atoms with Gasteiger partial charge in [-0.1, -0.05) is 24.3 Å². The van der Waals surface area contributed by atoms with Crippen LogP contribution in [0, 0.1) is 20.8 Å². The topological polar surface area (TPSA) is 33.1 Å². The second-order valence-corrected chi connectivity index (χ2v) is 7.72. The van der Waals surface area contributed by atoms with Gasteiger partial charge in [-0.2, -0.15) is 0 Å². The second-order valence-electron chi connectivity index (χ2n) is 6.88. The Morgan fingerprint density at radius 2 is 1.81 bits per heavy atom. The van der Waals surface area contributed by atoms with E-state index in [0.717, 1.165) is 23.5 Å². The zero-order chi connectivity index (χ0) is 18.1. The Hall–Kier alpha value is -2.59. The third-order valence-corrected chi connectivity index (χ3v) is 5.68. The SMILES string of the molecule is Cc1cc(C)cc(N=c2scc(C)n2CCc2c[nH]c3ccccc23)c1. The van der Waals surface area contributed by atoms with Crippen LogP contribution in [0.2, 0.25) is 0 Å². The van der Waals surface area contributed by atoms with Gasteiger partial charge in [0, 0.05) is 34.7 Å². The van der Waals surface area contributed by atoms with Crippen LogP contribution in [0.3, 0.4) is 0 Å². The largest absolute Gasteiger partial charge is 0.361 e. The number of aromatic nitrogens is 2. The van der Waals surface area contributed by atoms with Crippen LogP contribution in [0.1, 0.15) is 22.4 Å². The minimum Gasteiger partial charge on any atom is -0.361 e. The van der Waals surface area contributed by atoms with E-state index in [-0.39, 0.29) is 0 Å². The molecule has 0 amide bonds. The maximum absolute atomic E-state index is 4.92. The summed E-state index contributed by atoms with van der Waals surface area (Å²) in [5.41, 5.74) is 7.36. The van der Waals surface area contributed by atoms with Gasteiger partial charge in [-0.15, -0.1) is 11.3 Å². The normalized spacial score (nSPS) is 12.2. The van der Waals surface area contributed by atoms with E-state index in [1.54, 1.807) is 11.3 Å². The van der Waals surface area contributed by atoms with Crippen molar-refractivity contribution in [1.29, 1.82) is 0 Å². The molecule has 2 aromatic carbocycles. The number of rotatable bonds is 4. The predicted octanol–water partition coefficient (Wildman–Crippen LogP) is 5.43. The summed E-state index contributed by atoms with van der Waals surface area (Å²) >= 11 is 1.71. The molecule has 0 saturated heterocycles. The maximum Gasteiger partial charge on any atom is 0.190 e. The van der Waals surface area contributed by atoms with Gasteiger partial charge in [0.15, 0.2) is 4.80 Å². The van der Waals surface area contributed by atoms with Crippen LogP contribution in [0.15, 0.2) is 59.0 Å². The predicted molar refractivity (Wildman–Crippen MR) is 110 cm³/mol. The number of aromatic amines is 1. The molecule has 0 bridgehead atoms. The number of hydrogen-bond acceptors (Lipinski definition) is 2. The molecule has 132 valence electrons. The zero-order valence-electron chi connectivity index (χ0n) is 15.4. The second kappa shape index (κ2) is 6.96. The smallest absolute Gasteiger partial charge is 0.190 e. The minimum atomic E-state index is 0.931. The monoisotopic (exact) mass is 361 g/mol. The molecule has 2 heterocycles. The molecule has 4 heteroatoms. The number of hydrogen-bond donors (Lipinski definition) is 1. The van der Waals surface area contributed by atoms with Gasteiger partial charge >= 0.3 is 0 Å². The Morgan fingerprint density at radius 3 is 2.62 bits per heavy atom. The standard InChI is InChI=1S/C22H23N3S/c1-15-10-16(2)12-19(11-15)24-22-25(17(3)14-26-22)9-8-18-13-23-21-7-5-4-6-20(18)21/h4-7,10-14,23H,8-9H2,1-3H3. The molecule has 0 aliphatic carbocycles. The van der Waals surface area contributed by atoms with Gasteiger partial charge in [0.1, 0.15) is 0 Å². The molecule has 3 nitrogen and oxygen atoms in total. The fraction of sp³-hybridized carbons (Fsp3) is 0.227. The number of benzene rings is 2. The lowest BCUT2D eigenvalue weighted by atomic mass is 10.1. The van der Waals surface area contributed by atoms with Crippen molar-refractivity contribution < 1.29 is 0 Å². The molecule has 0 unspecified atom stereocenters. The Kier molecular flexibility index (Phi) is 4.51.